The number of sulfonamides is 1. The summed E-state index contributed by atoms with van der Waals surface area (Å²) in [5.41, 5.74) is 0. The van der Waals surface area contributed by atoms with Gasteiger partial charge >= 0.3 is 0 Å². The summed E-state index contributed by atoms with van der Waals surface area (Å²) in [5, 5.41) is 0. The van der Waals surface area contributed by atoms with Gasteiger partial charge < -0.3 is 4.42 Å². The average molecular weight is 348 g/mol. The van der Waals surface area contributed by atoms with Crippen LogP contribution in [0.4, 0.5) is 4.39 Å². The van der Waals surface area contributed by atoms with Crippen LogP contribution in [0.15, 0.2) is 50.4 Å². The smallest absolute Gasteiger partial charge is 0.243 e. The fraction of sp³-hybridized carbons (Fsp3) is 0.167. The normalized spacial score (nSPS) is 12.0. The number of rotatable bonds is 4. The van der Waals surface area contributed by atoms with Gasteiger partial charge in [0, 0.05) is 7.05 Å². The van der Waals surface area contributed by atoms with E-state index in [4.69, 9.17) is 4.42 Å². The molecule has 0 fully saturated rings. The van der Waals surface area contributed by atoms with Crippen molar-refractivity contribution in [1.82, 2.24) is 4.31 Å². The first-order valence-electron chi connectivity index (χ1n) is 5.36. The second kappa shape index (κ2) is 5.44. The Hall–Kier alpha value is -1.18. The van der Waals surface area contributed by atoms with Crippen LogP contribution in [0.25, 0.3) is 0 Å². The number of halogens is 2. The topological polar surface area (TPSA) is 50.5 Å². The van der Waals surface area contributed by atoms with Crippen molar-refractivity contribution in [2.45, 2.75) is 11.4 Å². The second-order valence-corrected chi connectivity index (χ2v) is 6.75. The van der Waals surface area contributed by atoms with E-state index in [1.807, 2.05) is 0 Å². The highest BCUT2D eigenvalue weighted by atomic mass is 79.9. The molecule has 2 aromatic rings. The van der Waals surface area contributed by atoms with Crippen molar-refractivity contribution < 1.29 is 17.2 Å². The molecule has 0 N–H and O–H groups in total. The lowest BCUT2D eigenvalue weighted by molar-refractivity contribution is 0.398. The second-order valence-electron chi connectivity index (χ2n) is 3.92. The average Bonchev–Trinajstić information content (AvgIpc) is 2.74. The van der Waals surface area contributed by atoms with E-state index < -0.39 is 15.8 Å². The molecule has 0 aliphatic heterocycles. The summed E-state index contributed by atoms with van der Waals surface area (Å²) >= 11 is 3.14. The third-order valence-electron chi connectivity index (χ3n) is 2.51. The van der Waals surface area contributed by atoms with Gasteiger partial charge in [-0.2, -0.15) is 4.31 Å². The molecule has 0 saturated heterocycles. The van der Waals surface area contributed by atoms with Crippen molar-refractivity contribution in [2.24, 2.45) is 0 Å². The van der Waals surface area contributed by atoms with E-state index in [1.54, 1.807) is 12.1 Å². The molecule has 0 aliphatic rings. The predicted octanol–water partition coefficient (Wildman–Crippen LogP) is 3.00. The molecule has 0 aliphatic carbocycles. The lowest BCUT2D eigenvalue weighted by Crippen LogP contribution is -2.26. The molecule has 1 aromatic heterocycles. The monoisotopic (exact) mass is 347 g/mol. The van der Waals surface area contributed by atoms with Gasteiger partial charge in [-0.1, -0.05) is 6.07 Å². The van der Waals surface area contributed by atoms with Gasteiger partial charge in [-0.25, -0.2) is 12.8 Å². The summed E-state index contributed by atoms with van der Waals surface area (Å²) in [6.07, 6.45) is 0. The minimum atomic E-state index is -3.73. The van der Waals surface area contributed by atoms with Gasteiger partial charge in [0.1, 0.15) is 11.6 Å². The Morgan fingerprint density at radius 2 is 2.05 bits per heavy atom. The van der Waals surface area contributed by atoms with Crippen LogP contribution in [0.2, 0.25) is 0 Å². The summed E-state index contributed by atoms with van der Waals surface area (Å²) in [7, 11) is -2.32. The van der Waals surface area contributed by atoms with Crippen LogP contribution in [0.3, 0.4) is 0 Å². The molecule has 0 atom stereocenters. The minimum Gasteiger partial charge on any atom is -0.453 e. The van der Waals surface area contributed by atoms with Crippen LogP contribution < -0.4 is 0 Å². The molecule has 0 saturated carbocycles. The maximum atomic E-state index is 13.1. The predicted molar refractivity (Wildman–Crippen MR) is 71.5 cm³/mol. The molecule has 19 heavy (non-hydrogen) atoms. The van der Waals surface area contributed by atoms with Crippen molar-refractivity contribution in [3.8, 4) is 0 Å². The highest BCUT2D eigenvalue weighted by Gasteiger charge is 2.22. The lowest BCUT2D eigenvalue weighted by atomic mass is 10.4. The molecule has 7 heteroatoms. The fourth-order valence-electron chi connectivity index (χ4n) is 1.55. The summed E-state index contributed by atoms with van der Waals surface area (Å²) < 4.78 is 44.4. The maximum absolute atomic E-state index is 13.1. The van der Waals surface area contributed by atoms with E-state index in [0.29, 0.717) is 10.4 Å². The molecule has 0 unspecified atom stereocenters. The Bertz CT molecular complexity index is 684. The zero-order chi connectivity index (χ0) is 14.0. The van der Waals surface area contributed by atoms with Gasteiger partial charge in [-0.15, -0.1) is 0 Å². The molecule has 1 aromatic carbocycles. The molecular weight excluding hydrogens is 337 g/mol. The van der Waals surface area contributed by atoms with Crippen LogP contribution in [-0.2, 0) is 16.6 Å². The Labute approximate surface area is 119 Å². The summed E-state index contributed by atoms with van der Waals surface area (Å²) in [6.45, 7) is 0.0739. The van der Waals surface area contributed by atoms with E-state index in [0.717, 1.165) is 10.4 Å². The Kier molecular flexibility index (Phi) is 4.07. The first kappa shape index (κ1) is 14.2. The molecule has 0 radical (unpaired) electrons. The highest BCUT2D eigenvalue weighted by molar-refractivity contribution is 9.10. The quantitative estimate of drug-likeness (QED) is 0.854. The van der Waals surface area contributed by atoms with Crippen molar-refractivity contribution in [3.63, 3.8) is 0 Å². The van der Waals surface area contributed by atoms with Crippen LogP contribution in [0, 0.1) is 5.82 Å². The van der Waals surface area contributed by atoms with Crippen molar-refractivity contribution in [1.29, 1.82) is 0 Å². The SMILES string of the molecule is CN(Cc1ccc(Br)o1)S(=O)(=O)c1cccc(F)c1. The first-order chi connectivity index (χ1) is 8.89. The highest BCUT2D eigenvalue weighted by Crippen LogP contribution is 2.20. The molecule has 4 nitrogen and oxygen atoms in total. The van der Waals surface area contributed by atoms with Crippen LogP contribution >= 0.6 is 15.9 Å². The summed E-state index contributed by atoms with van der Waals surface area (Å²) in [4.78, 5) is -0.0828. The summed E-state index contributed by atoms with van der Waals surface area (Å²) in [6, 6.07) is 8.25. The molecular formula is C12H11BrFNO3S. The zero-order valence-corrected chi connectivity index (χ0v) is 12.4. The number of hydrogen-bond donors (Lipinski definition) is 0. The van der Waals surface area contributed by atoms with E-state index in [9.17, 15) is 12.8 Å². The molecule has 1 heterocycles. The van der Waals surface area contributed by atoms with Crippen molar-refractivity contribution >= 4 is 26.0 Å². The minimum absolute atomic E-state index is 0.0739. The van der Waals surface area contributed by atoms with Crippen LogP contribution in [0.5, 0.6) is 0 Å². The fourth-order valence-corrected chi connectivity index (χ4v) is 3.06. The number of furan rings is 1. The van der Waals surface area contributed by atoms with Crippen molar-refractivity contribution in [3.05, 3.63) is 52.6 Å². The number of nitrogens with zero attached hydrogens (tertiary/aromatic N) is 1. The largest absolute Gasteiger partial charge is 0.453 e. The van der Waals surface area contributed by atoms with Gasteiger partial charge in [0.25, 0.3) is 0 Å². The Morgan fingerprint density at radius 3 is 2.63 bits per heavy atom. The van der Waals surface area contributed by atoms with Gasteiger partial charge in [0.05, 0.1) is 11.4 Å². The molecule has 0 amide bonds. The van der Waals surface area contributed by atoms with E-state index >= 15 is 0 Å². The third-order valence-corrected chi connectivity index (χ3v) is 4.74. The summed E-state index contributed by atoms with van der Waals surface area (Å²) in [5.74, 6) is -0.0930. The van der Waals surface area contributed by atoms with Gasteiger partial charge in [0.2, 0.25) is 10.0 Å². The molecule has 2 rings (SSSR count). The maximum Gasteiger partial charge on any atom is 0.243 e. The number of hydrogen-bond acceptors (Lipinski definition) is 3. The molecule has 102 valence electrons. The molecule has 0 bridgehead atoms. The molecule has 0 spiro atoms. The van der Waals surface area contributed by atoms with Crippen LogP contribution in [0.1, 0.15) is 5.76 Å². The Balaban J connectivity index is 2.24. The lowest BCUT2D eigenvalue weighted by Gasteiger charge is -2.15. The van der Waals surface area contributed by atoms with E-state index in [2.05, 4.69) is 15.9 Å². The Morgan fingerprint density at radius 1 is 1.32 bits per heavy atom. The zero-order valence-electron chi connectivity index (χ0n) is 10.0. The third kappa shape index (κ3) is 3.23. The van der Waals surface area contributed by atoms with E-state index in [-0.39, 0.29) is 11.4 Å². The van der Waals surface area contributed by atoms with Crippen LogP contribution in [-0.4, -0.2) is 19.8 Å². The number of benzene rings is 1. The van der Waals surface area contributed by atoms with Gasteiger partial charge in [-0.05, 0) is 46.3 Å². The van der Waals surface area contributed by atoms with Gasteiger partial charge in [-0.3, -0.25) is 0 Å². The van der Waals surface area contributed by atoms with Crippen molar-refractivity contribution in [2.75, 3.05) is 7.05 Å². The first-order valence-corrected chi connectivity index (χ1v) is 7.59. The van der Waals surface area contributed by atoms with Gasteiger partial charge in [0.15, 0.2) is 4.67 Å². The standard InChI is InChI=1S/C12H11BrFNO3S/c1-15(8-10-5-6-12(13)18-10)19(16,17)11-4-2-3-9(14)7-11/h2-7H,8H2,1H3. The van der Waals surface area contributed by atoms with E-state index in [1.165, 1.54) is 25.2 Å².